The minimum Gasteiger partial charge on any atom is -0.397 e. The molecule has 7 rings (SSSR count). The fourth-order valence-corrected chi connectivity index (χ4v) is 7.45. The van der Waals surface area contributed by atoms with Crippen LogP contribution in [0, 0.1) is 0 Å². The fraction of sp³-hybridized carbons (Fsp3) is 0.476. The monoisotopic (exact) mass is 657 g/mol. The number of alkyl halides is 2. The first-order valence-electron chi connectivity index (χ1n) is 13.1. The summed E-state index contributed by atoms with van der Waals surface area (Å²) < 4.78 is 93.8. The van der Waals surface area contributed by atoms with Gasteiger partial charge in [-0.25, -0.2) is 38.3 Å². The maximum Gasteiger partial charge on any atom is 0.472 e. The Morgan fingerprint density at radius 3 is 2.34 bits per heavy atom. The largest absolute Gasteiger partial charge is 0.472 e. The van der Waals surface area contributed by atoms with Crippen LogP contribution in [0.2, 0.25) is 0 Å². The van der Waals surface area contributed by atoms with Crippen LogP contribution in [0.1, 0.15) is 12.5 Å². The Bertz CT molecular complexity index is 1840. The zero-order valence-electron chi connectivity index (χ0n) is 22.6. The molecule has 234 valence electrons. The molecule has 2 unspecified atom stereocenters. The van der Waals surface area contributed by atoms with E-state index in [0.717, 1.165) is 13.9 Å². The number of imidazole rings is 2. The second-order valence-corrected chi connectivity index (χ2v) is 13.7. The van der Waals surface area contributed by atoms with Gasteiger partial charge in [0.1, 0.15) is 41.8 Å². The summed E-state index contributed by atoms with van der Waals surface area (Å²) in [6.45, 7) is -1.49. The summed E-state index contributed by atoms with van der Waals surface area (Å²) in [5.41, 5.74) is 12.9. The number of fused-ring (bicyclic) bond motifs is 5. The molecule has 18 nitrogen and oxygen atoms in total. The molecule has 23 heteroatoms. The van der Waals surface area contributed by atoms with Crippen molar-refractivity contribution in [2.45, 2.75) is 49.2 Å². The minimum absolute atomic E-state index is 0.0332. The molecule has 0 aromatic carbocycles. The third-order valence-corrected chi connectivity index (χ3v) is 9.63. The van der Waals surface area contributed by atoms with E-state index in [1.807, 2.05) is 0 Å². The van der Waals surface area contributed by atoms with Gasteiger partial charge in [0, 0.05) is 6.20 Å². The van der Waals surface area contributed by atoms with Crippen molar-refractivity contribution in [3.05, 3.63) is 31.2 Å². The molecule has 3 fully saturated rings. The van der Waals surface area contributed by atoms with Gasteiger partial charge in [-0.3, -0.25) is 22.7 Å². The van der Waals surface area contributed by atoms with Crippen molar-refractivity contribution >= 4 is 56.7 Å². The first-order valence-corrected chi connectivity index (χ1v) is 16.6. The molecule has 0 spiro atoms. The van der Waals surface area contributed by atoms with Gasteiger partial charge in [-0.2, -0.15) is 0 Å². The molecule has 4 aromatic rings. The van der Waals surface area contributed by atoms with E-state index in [9.17, 15) is 14.0 Å². The number of rotatable bonds is 2. The third-order valence-electron chi connectivity index (χ3n) is 7.40. The number of halogens is 2. The standard InChI is InChI=1S/C21H24BF2N9O9P2/c22-43(34)37-4-10-15(12(24)20(40-10)32-7-31-14-17(26)28-5-29-19(14)32)42-44(35,36)38-3-9-11(23)16(41-43)21(39-9)33-6-30-13-8(25)1-2-27-18(13)33/h1-2,5-7,9-12,15-16,20-21H,3-4,22H2,(H2,25,27)(H,35,36)(H2,26,28,29)/t9-,10-,11+,12-,15-,16-,20-,21-,43?/m1/s1. The van der Waals surface area contributed by atoms with Crippen LogP contribution in [0.5, 0.6) is 0 Å². The number of anilines is 2. The van der Waals surface area contributed by atoms with Crippen LogP contribution in [0.25, 0.3) is 22.3 Å². The first-order chi connectivity index (χ1) is 20.9. The Hall–Kier alpha value is -3.13. The van der Waals surface area contributed by atoms with Gasteiger partial charge in [-0.1, -0.05) is 0 Å². The summed E-state index contributed by atoms with van der Waals surface area (Å²) in [5.74, 6) is 0.0332. The highest BCUT2D eigenvalue weighted by Gasteiger charge is 2.54. The van der Waals surface area contributed by atoms with Gasteiger partial charge in [0.05, 0.1) is 31.6 Å². The lowest BCUT2D eigenvalue weighted by molar-refractivity contribution is -0.0613. The molecule has 5 N–H and O–H groups in total. The molecule has 0 saturated carbocycles. The van der Waals surface area contributed by atoms with E-state index in [1.54, 1.807) is 0 Å². The van der Waals surface area contributed by atoms with Crippen LogP contribution in [0.15, 0.2) is 31.2 Å². The number of nitrogens with zero attached hydrogens (tertiary/aromatic N) is 7. The first kappa shape index (κ1) is 29.6. The summed E-state index contributed by atoms with van der Waals surface area (Å²) >= 11 is 0. The van der Waals surface area contributed by atoms with E-state index in [0.29, 0.717) is 11.2 Å². The van der Waals surface area contributed by atoms with Crippen molar-refractivity contribution in [3.8, 4) is 0 Å². The highest BCUT2D eigenvalue weighted by molar-refractivity contribution is 7.79. The maximum atomic E-state index is 15.9. The molecule has 44 heavy (non-hydrogen) atoms. The van der Waals surface area contributed by atoms with Gasteiger partial charge in [0.2, 0.25) is 0 Å². The zero-order valence-corrected chi connectivity index (χ0v) is 24.4. The number of phosphoric acid groups is 1. The summed E-state index contributed by atoms with van der Waals surface area (Å²) in [6, 6.07) is 1.52. The zero-order chi connectivity index (χ0) is 31.0. The average Bonchev–Trinajstić information content (AvgIpc) is 3.73. The number of nitrogen functional groups attached to an aromatic ring is 2. The van der Waals surface area contributed by atoms with Gasteiger partial charge >= 0.3 is 7.82 Å². The second kappa shape index (κ2) is 10.7. The topological polar surface area (TPSA) is 236 Å². The Kier molecular flexibility index (Phi) is 7.23. The van der Waals surface area contributed by atoms with Crippen LogP contribution in [0.3, 0.4) is 0 Å². The van der Waals surface area contributed by atoms with Gasteiger partial charge in [0.15, 0.2) is 41.9 Å². The summed E-state index contributed by atoms with van der Waals surface area (Å²) in [6.07, 6.45) is -8.28. The Morgan fingerprint density at radius 2 is 1.55 bits per heavy atom. The lowest BCUT2D eigenvalue weighted by Gasteiger charge is -2.26. The number of aromatic nitrogens is 7. The molecule has 0 aliphatic carbocycles. The Morgan fingerprint density at radius 1 is 0.864 bits per heavy atom. The predicted molar refractivity (Wildman–Crippen MR) is 147 cm³/mol. The van der Waals surface area contributed by atoms with Crippen molar-refractivity contribution in [1.29, 1.82) is 0 Å². The van der Waals surface area contributed by atoms with E-state index < -0.39 is 77.7 Å². The smallest absolute Gasteiger partial charge is 0.397 e. The van der Waals surface area contributed by atoms with Crippen molar-refractivity contribution in [3.63, 3.8) is 0 Å². The van der Waals surface area contributed by atoms with Crippen molar-refractivity contribution < 1.29 is 50.4 Å². The number of hydrogen-bond donors (Lipinski definition) is 3. The molecule has 0 amide bonds. The van der Waals surface area contributed by atoms with Crippen molar-refractivity contribution in [2.75, 3.05) is 24.7 Å². The summed E-state index contributed by atoms with van der Waals surface area (Å²) in [7, 11) is -8.16. The molecule has 7 heterocycles. The van der Waals surface area contributed by atoms with Gasteiger partial charge < -0.3 is 34.9 Å². The number of pyridine rings is 1. The molecule has 3 saturated heterocycles. The molecule has 2 bridgehead atoms. The van der Waals surface area contributed by atoms with Crippen LogP contribution in [-0.2, 0) is 36.7 Å². The van der Waals surface area contributed by atoms with Gasteiger partial charge in [-0.05, 0) is 6.07 Å². The van der Waals surface area contributed by atoms with E-state index in [2.05, 4.69) is 24.9 Å². The third kappa shape index (κ3) is 5.07. The molecule has 4 aromatic heterocycles. The van der Waals surface area contributed by atoms with Crippen molar-refractivity contribution in [1.82, 2.24) is 34.1 Å². The van der Waals surface area contributed by atoms with Crippen molar-refractivity contribution in [2.24, 2.45) is 0 Å². The Labute approximate surface area is 246 Å². The highest BCUT2D eigenvalue weighted by atomic mass is 31.2. The minimum atomic E-state index is -5.09. The second-order valence-electron chi connectivity index (χ2n) is 10.3. The molecule has 3 aliphatic heterocycles. The van der Waals surface area contributed by atoms with E-state index >= 15 is 8.78 Å². The summed E-state index contributed by atoms with van der Waals surface area (Å²) in [4.78, 5) is 30.9. The fourth-order valence-electron chi connectivity index (χ4n) is 5.35. The van der Waals surface area contributed by atoms with E-state index in [1.165, 1.54) is 34.1 Å². The van der Waals surface area contributed by atoms with Crippen LogP contribution < -0.4 is 11.5 Å². The molecular formula is C21H24BF2N9O9P2. The molecule has 10 atom stereocenters. The van der Waals surface area contributed by atoms with Crippen LogP contribution in [0.4, 0.5) is 20.3 Å². The lowest BCUT2D eigenvalue weighted by Crippen LogP contribution is -2.34. The highest BCUT2D eigenvalue weighted by Crippen LogP contribution is 2.54. The van der Waals surface area contributed by atoms with E-state index in [-0.39, 0.29) is 22.6 Å². The number of hydrogen-bond acceptors (Lipinski definition) is 15. The maximum absolute atomic E-state index is 15.9. The van der Waals surface area contributed by atoms with Gasteiger partial charge in [0.25, 0.3) is 15.0 Å². The normalized spacial score (nSPS) is 38.2. The van der Waals surface area contributed by atoms with Crippen LogP contribution in [-0.4, -0.2) is 96.5 Å². The molecule has 3 aliphatic rings. The quantitative estimate of drug-likeness (QED) is 0.197. The van der Waals surface area contributed by atoms with E-state index in [4.69, 9.17) is 39.0 Å². The molecular weight excluding hydrogens is 633 g/mol. The number of ether oxygens (including phenoxy) is 2. The van der Waals surface area contributed by atoms with Gasteiger partial charge in [-0.15, -0.1) is 0 Å². The SMILES string of the molecule is BP1(=O)OC[C@H]2O[C@@H](n3cnc4c(N)ncnc43)[C@H](F)[C@@H]2OP(=O)(O)OC[C@H]2O[C@@H](n3cnc4c(N)ccnc43)[C@H](O1)[C@H]2F. The molecule has 0 radical (unpaired) electrons. The lowest BCUT2D eigenvalue weighted by atomic mass is 10.1. The van der Waals surface area contributed by atoms with Crippen LogP contribution >= 0.6 is 15.3 Å². The average molecular weight is 657 g/mol. The predicted octanol–water partition coefficient (Wildman–Crippen LogP) is 0.565. The number of phosphoric ester groups is 1. The Balaban J connectivity index is 1.20. The number of nitrogens with two attached hydrogens (primary N) is 2. The summed E-state index contributed by atoms with van der Waals surface area (Å²) in [5, 5.41) is 0.